The maximum absolute atomic E-state index is 9.58. The molecule has 0 bridgehead atoms. The van der Waals surface area contributed by atoms with Crippen molar-refractivity contribution in [3.8, 4) is 5.75 Å². The lowest BCUT2D eigenvalue weighted by molar-refractivity contribution is 0.475. The second-order valence-electron chi connectivity index (χ2n) is 5.94. The number of hydrogen-bond donors (Lipinski definition) is 1. The van der Waals surface area contributed by atoms with Crippen molar-refractivity contribution in [3.05, 3.63) is 88.9 Å². The van der Waals surface area contributed by atoms with Gasteiger partial charge in [0.25, 0.3) is 0 Å². The summed E-state index contributed by atoms with van der Waals surface area (Å²) < 4.78 is 0. The van der Waals surface area contributed by atoms with Crippen molar-refractivity contribution in [1.82, 2.24) is 0 Å². The topological polar surface area (TPSA) is 32.6 Å². The SMILES string of the molecule is Oc1ccc(C2CC(c3ccc(Cl)cc3)=Nc3ccccc3S2)cc1. The fraction of sp³-hybridized carbons (Fsp3) is 0.0952. The first-order chi connectivity index (χ1) is 12.2. The van der Waals surface area contributed by atoms with Gasteiger partial charge in [-0.05, 0) is 47.5 Å². The van der Waals surface area contributed by atoms with Gasteiger partial charge in [0, 0.05) is 27.3 Å². The number of hydrogen-bond acceptors (Lipinski definition) is 3. The molecule has 1 atom stereocenters. The van der Waals surface area contributed by atoms with E-state index in [0.717, 1.165) is 28.4 Å². The summed E-state index contributed by atoms with van der Waals surface area (Å²) in [5.74, 6) is 0.286. The highest BCUT2D eigenvalue weighted by atomic mass is 35.5. The molecule has 0 radical (unpaired) electrons. The van der Waals surface area contributed by atoms with E-state index in [1.807, 2.05) is 60.3 Å². The molecule has 0 amide bonds. The van der Waals surface area contributed by atoms with Gasteiger partial charge in [-0.25, -0.2) is 0 Å². The van der Waals surface area contributed by atoms with Gasteiger partial charge in [0.2, 0.25) is 0 Å². The van der Waals surface area contributed by atoms with E-state index in [-0.39, 0.29) is 11.0 Å². The van der Waals surface area contributed by atoms with Crippen molar-refractivity contribution in [2.24, 2.45) is 4.99 Å². The van der Waals surface area contributed by atoms with Gasteiger partial charge < -0.3 is 5.11 Å². The molecule has 0 saturated carbocycles. The van der Waals surface area contributed by atoms with Crippen LogP contribution in [-0.4, -0.2) is 10.8 Å². The van der Waals surface area contributed by atoms with Gasteiger partial charge in [0.05, 0.1) is 5.69 Å². The van der Waals surface area contributed by atoms with Crippen LogP contribution in [0, 0.1) is 0 Å². The van der Waals surface area contributed by atoms with Crippen molar-refractivity contribution >= 4 is 34.8 Å². The van der Waals surface area contributed by atoms with Gasteiger partial charge in [-0.15, -0.1) is 11.8 Å². The fourth-order valence-electron chi connectivity index (χ4n) is 2.91. The molecule has 4 rings (SSSR count). The summed E-state index contributed by atoms with van der Waals surface area (Å²) in [6.07, 6.45) is 0.811. The standard InChI is InChI=1S/C21H16ClNOS/c22-16-9-5-14(6-10-16)19-13-21(15-7-11-17(24)12-8-15)25-20-4-2-1-3-18(20)23-19/h1-12,21,24H,13H2. The normalized spacial score (nSPS) is 16.7. The third kappa shape index (κ3) is 3.58. The molecule has 0 aromatic heterocycles. The molecule has 0 saturated heterocycles. The van der Waals surface area contributed by atoms with Gasteiger partial charge in [-0.3, -0.25) is 4.99 Å². The number of nitrogens with zero attached hydrogens (tertiary/aromatic N) is 1. The molecule has 0 spiro atoms. The Labute approximate surface area is 156 Å². The molecule has 1 aliphatic rings. The lowest BCUT2D eigenvalue weighted by atomic mass is 10.0. The summed E-state index contributed by atoms with van der Waals surface area (Å²) in [4.78, 5) is 6.11. The number of rotatable bonds is 2. The molecular formula is C21H16ClNOS. The molecule has 4 heteroatoms. The predicted molar refractivity (Wildman–Crippen MR) is 105 cm³/mol. The maximum Gasteiger partial charge on any atom is 0.115 e. The third-order valence-electron chi connectivity index (χ3n) is 4.21. The molecule has 0 aliphatic carbocycles. The van der Waals surface area contributed by atoms with Crippen LogP contribution in [0.5, 0.6) is 5.75 Å². The molecule has 1 N–H and O–H groups in total. The van der Waals surface area contributed by atoms with E-state index in [9.17, 15) is 5.11 Å². The van der Waals surface area contributed by atoms with Crippen LogP contribution in [0.2, 0.25) is 5.02 Å². The zero-order chi connectivity index (χ0) is 17.2. The molecule has 0 fully saturated rings. The Morgan fingerprint density at radius 1 is 0.920 bits per heavy atom. The second kappa shape index (κ2) is 6.95. The molecule has 3 aromatic rings. The monoisotopic (exact) mass is 365 g/mol. The molecule has 25 heavy (non-hydrogen) atoms. The number of benzene rings is 3. The van der Waals surface area contributed by atoms with Gasteiger partial charge in [-0.2, -0.15) is 0 Å². The largest absolute Gasteiger partial charge is 0.508 e. The van der Waals surface area contributed by atoms with Crippen LogP contribution in [-0.2, 0) is 0 Å². The van der Waals surface area contributed by atoms with Gasteiger partial charge in [0.1, 0.15) is 5.75 Å². The van der Waals surface area contributed by atoms with Crippen molar-refractivity contribution in [2.75, 3.05) is 0 Å². The van der Waals surface area contributed by atoms with Crippen LogP contribution in [0.1, 0.15) is 22.8 Å². The minimum Gasteiger partial charge on any atom is -0.508 e. The van der Waals surface area contributed by atoms with Crippen LogP contribution >= 0.6 is 23.4 Å². The molecule has 124 valence electrons. The Hall–Kier alpha value is -2.23. The average molecular weight is 366 g/mol. The van der Waals surface area contributed by atoms with Crippen molar-refractivity contribution < 1.29 is 5.11 Å². The second-order valence-corrected chi connectivity index (χ2v) is 7.62. The fourth-order valence-corrected chi connectivity index (χ4v) is 4.27. The van der Waals surface area contributed by atoms with Gasteiger partial charge in [-0.1, -0.05) is 48.0 Å². The van der Waals surface area contributed by atoms with Crippen molar-refractivity contribution in [2.45, 2.75) is 16.6 Å². The van der Waals surface area contributed by atoms with Crippen LogP contribution in [0.3, 0.4) is 0 Å². The van der Waals surface area contributed by atoms with Crippen molar-refractivity contribution in [3.63, 3.8) is 0 Å². The van der Waals surface area contributed by atoms with E-state index >= 15 is 0 Å². The number of phenols is 1. The van der Waals surface area contributed by atoms with E-state index in [1.165, 1.54) is 10.5 Å². The zero-order valence-corrected chi connectivity index (χ0v) is 15.0. The van der Waals surface area contributed by atoms with Crippen LogP contribution in [0.4, 0.5) is 5.69 Å². The zero-order valence-electron chi connectivity index (χ0n) is 13.4. The first kappa shape index (κ1) is 16.2. The summed E-state index contributed by atoms with van der Waals surface area (Å²) in [5.41, 5.74) is 4.32. The van der Waals surface area contributed by atoms with Crippen LogP contribution in [0.25, 0.3) is 0 Å². The van der Waals surface area contributed by atoms with E-state index in [4.69, 9.17) is 16.6 Å². The Morgan fingerprint density at radius 3 is 2.40 bits per heavy atom. The molecule has 1 aliphatic heterocycles. The van der Waals surface area contributed by atoms with Crippen molar-refractivity contribution in [1.29, 1.82) is 0 Å². The van der Waals surface area contributed by atoms with Gasteiger partial charge >= 0.3 is 0 Å². The van der Waals surface area contributed by atoms with E-state index in [1.54, 1.807) is 12.1 Å². The summed E-state index contributed by atoms with van der Waals surface area (Å²) in [5, 5.41) is 10.5. The molecule has 1 heterocycles. The van der Waals surface area contributed by atoms with Crippen LogP contribution < -0.4 is 0 Å². The summed E-state index contributed by atoms with van der Waals surface area (Å²) in [6, 6.07) is 23.5. The quantitative estimate of drug-likeness (QED) is 0.569. The number of halogens is 1. The first-order valence-corrected chi connectivity index (χ1v) is 9.33. The van der Waals surface area contributed by atoms with E-state index < -0.39 is 0 Å². The van der Waals surface area contributed by atoms with E-state index in [2.05, 4.69) is 12.1 Å². The van der Waals surface area contributed by atoms with E-state index in [0.29, 0.717) is 0 Å². The Bertz CT molecular complexity index is 919. The minimum atomic E-state index is 0.235. The highest BCUT2D eigenvalue weighted by Gasteiger charge is 2.22. The number of thioether (sulfide) groups is 1. The number of aliphatic imine (C=N–C) groups is 1. The Balaban J connectivity index is 1.78. The molecular weight excluding hydrogens is 350 g/mol. The average Bonchev–Trinajstić information content (AvgIpc) is 2.82. The highest BCUT2D eigenvalue weighted by molar-refractivity contribution is 7.99. The predicted octanol–water partition coefficient (Wildman–Crippen LogP) is 6.40. The number of para-hydroxylation sites is 1. The minimum absolute atomic E-state index is 0.235. The summed E-state index contributed by atoms with van der Waals surface area (Å²) >= 11 is 7.85. The number of aromatic hydroxyl groups is 1. The Kier molecular flexibility index (Phi) is 4.51. The summed E-state index contributed by atoms with van der Waals surface area (Å²) in [7, 11) is 0. The van der Waals surface area contributed by atoms with Gasteiger partial charge in [0.15, 0.2) is 0 Å². The molecule has 1 unspecified atom stereocenters. The lowest BCUT2D eigenvalue weighted by Crippen LogP contribution is -2.05. The highest BCUT2D eigenvalue weighted by Crippen LogP contribution is 2.45. The number of phenolic OH excluding ortho intramolecular Hbond substituents is 1. The molecule has 3 aromatic carbocycles. The summed E-state index contributed by atoms with van der Waals surface area (Å²) in [6.45, 7) is 0. The maximum atomic E-state index is 9.58. The Morgan fingerprint density at radius 2 is 1.64 bits per heavy atom. The smallest absolute Gasteiger partial charge is 0.115 e. The third-order valence-corrected chi connectivity index (χ3v) is 5.79. The number of fused-ring (bicyclic) bond motifs is 1. The molecule has 2 nitrogen and oxygen atoms in total. The lowest BCUT2D eigenvalue weighted by Gasteiger charge is -2.16. The first-order valence-electron chi connectivity index (χ1n) is 8.07. The van der Waals surface area contributed by atoms with Crippen LogP contribution in [0.15, 0.2) is 82.7 Å².